The van der Waals surface area contributed by atoms with Crippen LogP contribution < -0.4 is 19.6 Å². The van der Waals surface area contributed by atoms with Crippen LogP contribution in [-0.4, -0.2) is 17.1 Å². The molecule has 0 aliphatic carbocycles. The van der Waals surface area contributed by atoms with E-state index in [9.17, 15) is 14.9 Å². The van der Waals surface area contributed by atoms with Crippen LogP contribution in [0.4, 0.5) is 0 Å². The highest BCUT2D eigenvalue weighted by atomic mass is 127. The van der Waals surface area contributed by atoms with E-state index in [1.807, 2.05) is 67.6 Å². The Balaban J connectivity index is 1.55. The number of halogens is 2. The second-order valence-electron chi connectivity index (χ2n) is 9.58. The number of rotatable bonds is 7. The Kier molecular flexibility index (Phi) is 9.11. The molecule has 0 radical (unpaired) electrons. The molecule has 0 amide bonds. The third kappa shape index (κ3) is 6.00. The zero-order chi connectivity index (χ0) is 30.0. The number of ether oxygens (including phenoxy) is 2. The number of hydrogen-bond acceptors (Lipinski definition) is 7. The van der Waals surface area contributed by atoms with Gasteiger partial charge in [0, 0.05) is 5.56 Å². The largest absolute Gasteiger partial charge is 0.487 e. The van der Waals surface area contributed by atoms with E-state index in [0.29, 0.717) is 31.9 Å². The number of carbonyl (C=O) groups is 1. The molecule has 1 atom stereocenters. The van der Waals surface area contributed by atoms with E-state index in [4.69, 9.17) is 9.47 Å². The number of aromatic nitrogens is 1. The summed E-state index contributed by atoms with van der Waals surface area (Å²) in [5.74, 6) is 0.168. The van der Waals surface area contributed by atoms with Crippen molar-refractivity contribution in [1.29, 1.82) is 5.26 Å². The van der Waals surface area contributed by atoms with Crippen LogP contribution in [0, 0.1) is 21.8 Å². The van der Waals surface area contributed by atoms with Gasteiger partial charge in [0.1, 0.15) is 12.4 Å². The summed E-state index contributed by atoms with van der Waals surface area (Å²) in [4.78, 5) is 32.1. The van der Waals surface area contributed by atoms with Crippen molar-refractivity contribution in [3.63, 3.8) is 0 Å². The monoisotopic (exact) mass is 753 g/mol. The van der Waals surface area contributed by atoms with Crippen LogP contribution in [0.25, 0.3) is 6.08 Å². The Morgan fingerprint density at radius 3 is 2.62 bits per heavy atom. The topological polar surface area (TPSA) is 93.7 Å². The molecule has 1 aliphatic heterocycles. The Bertz CT molecular complexity index is 1930. The lowest BCUT2D eigenvalue weighted by Crippen LogP contribution is -2.39. The summed E-state index contributed by atoms with van der Waals surface area (Å²) < 4.78 is 15.1. The van der Waals surface area contributed by atoms with Gasteiger partial charge in [0.25, 0.3) is 5.56 Å². The maximum Gasteiger partial charge on any atom is 0.338 e. The standard InChI is InChI=1S/C32H25BrIN3O4S/c1-4-40-31(39)27-19(3)36-32-37(28(27)21-11-9-18(2)10-12-21)30(38)26(42-32)15-20-13-24(33)29(25(34)14-20)41-17-23-8-6-5-7-22(23)16-35/h5-15,28H,4,17H2,1-3H3/b26-15+/t28-/m0/s1. The van der Waals surface area contributed by atoms with Crippen molar-refractivity contribution >= 4 is 61.9 Å². The zero-order valence-corrected chi connectivity index (χ0v) is 27.5. The Morgan fingerprint density at radius 2 is 1.93 bits per heavy atom. The van der Waals surface area contributed by atoms with E-state index >= 15 is 0 Å². The summed E-state index contributed by atoms with van der Waals surface area (Å²) in [6.07, 6.45) is 1.82. The van der Waals surface area contributed by atoms with E-state index in [2.05, 4.69) is 49.6 Å². The van der Waals surface area contributed by atoms with Crippen LogP contribution in [0.5, 0.6) is 5.75 Å². The molecule has 10 heteroatoms. The van der Waals surface area contributed by atoms with Gasteiger partial charge in [-0.25, -0.2) is 9.79 Å². The van der Waals surface area contributed by atoms with Gasteiger partial charge in [0.05, 0.1) is 48.1 Å². The van der Waals surface area contributed by atoms with Crippen LogP contribution in [0.1, 0.15) is 47.7 Å². The van der Waals surface area contributed by atoms with E-state index in [0.717, 1.165) is 30.3 Å². The average Bonchev–Trinajstić information content (AvgIpc) is 3.26. The smallest absolute Gasteiger partial charge is 0.338 e. The molecular formula is C32H25BrIN3O4S. The Labute approximate surface area is 268 Å². The van der Waals surface area contributed by atoms with Gasteiger partial charge in [-0.05, 0) is 94.7 Å². The fraction of sp³-hybridized carbons (Fsp3) is 0.188. The molecule has 0 saturated heterocycles. The second-order valence-corrected chi connectivity index (χ2v) is 12.6. The third-order valence-corrected chi connectivity index (χ3v) is 9.11. The predicted molar refractivity (Wildman–Crippen MR) is 174 cm³/mol. The maximum atomic E-state index is 13.9. The zero-order valence-electron chi connectivity index (χ0n) is 23.0. The first-order valence-electron chi connectivity index (χ1n) is 13.1. The maximum absolute atomic E-state index is 13.9. The molecule has 0 N–H and O–H groups in total. The number of carbonyl (C=O) groups excluding carboxylic acids is 1. The lowest BCUT2D eigenvalue weighted by atomic mass is 9.95. The van der Waals surface area contributed by atoms with Crippen LogP contribution in [-0.2, 0) is 16.1 Å². The molecule has 1 aromatic heterocycles. The van der Waals surface area contributed by atoms with Crippen LogP contribution >= 0.6 is 49.9 Å². The van der Waals surface area contributed by atoms with Gasteiger partial charge in [0.2, 0.25) is 0 Å². The highest BCUT2D eigenvalue weighted by Gasteiger charge is 2.33. The van der Waals surface area contributed by atoms with Gasteiger partial charge in [-0.3, -0.25) is 9.36 Å². The summed E-state index contributed by atoms with van der Waals surface area (Å²) >= 11 is 7.09. The number of nitriles is 1. The van der Waals surface area contributed by atoms with Crippen molar-refractivity contribution in [2.45, 2.75) is 33.4 Å². The quantitative estimate of drug-likeness (QED) is 0.173. The summed E-state index contributed by atoms with van der Waals surface area (Å²) in [6, 6.07) is 20.5. The van der Waals surface area contributed by atoms with Gasteiger partial charge in [-0.1, -0.05) is 59.4 Å². The van der Waals surface area contributed by atoms with Gasteiger partial charge in [0.15, 0.2) is 4.80 Å². The minimum Gasteiger partial charge on any atom is -0.487 e. The molecule has 0 fully saturated rings. The number of allylic oxidation sites excluding steroid dienone is 1. The summed E-state index contributed by atoms with van der Waals surface area (Å²) in [5, 5.41) is 9.38. The minimum absolute atomic E-state index is 0.221. The van der Waals surface area contributed by atoms with Crippen LogP contribution in [0.3, 0.4) is 0 Å². The molecule has 7 nitrogen and oxygen atoms in total. The molecule has 0 spiro atoms. The first-order valence-corrected chi connectivity index (χ1v) is 15.8. The summed E-state index contributed by atoms with van der Waals surface area (Å²) in [5.41, 5.74) is 4.70. The Hall–Kier alpha value is -3.53. The number of esters is 1. The normalized spacial score (nSPS) is 14.7. The molecule has 1 aliphatic rings. The number of aryl methyl sites for hydroxylation is 1. The van der Waals surface area contributed by atoms with Crippen molar-refractivity contribution in [3.8, 4) is 11.8 Å². The van der Waals surface area contributed by atoms with E-state index < -0.39 is 12.0 Å². The van der Waals surface area contributed by atoms with Crippen molar-refractivity contribution in [2.24, 2.45) is 4.99 Å². The summed E-state index contributed by atoms with van der Waals surface area (Å²) in [6.45, 7) is 5.99. The molecule has 2 heterocycles. The highest BCUT2D eigenvalue weighted by molar-refractivity contribution is 14.1. The number of thiazole rings is 1. The van der Waals surface area contributed by atoms with E-state index in [1.165, 1.54) is 11.3 Å². The second kappa shape index (κ2) is 12.8. The molecule has 0 saturated carbocycles. The third-order valence-electron chi connectivity index (χ3n) is 6.74. The van der Waals surface area contributed by atoms with Gasteiger partial charge in [-0.2, -0.15) is 5.26 Å². The van der Waals surface area contributed by atoms with Gasteiger partial charge >= 0.3 is 5.97 Å². The van der Waals surface area contributed by atoms with E-state index in [-0.39, 0.29) is 18.8 Å². The summed E-state index contributed by atoms with van der Waals surface area (Å²) in [7, 11) is 0. The van der Waals surface area contributed by atoms with Crippen molar-refractivity contribution in [1.82, 2.24) is 4.57 Å². The lowest BCUT2D eigenvalue weighted by molar-refractivity contribution is -0.139. The molecule has 5 rings (SSSR count). The Morgan fingerprint density at radius 1 is 1.19 bits per heavy atom. The fourth-order valence-corrected chi connectivity index (χ4v) is 7.53. The van der Waals surface area contributed by atoms with Crippen LogP contribution in [0.2, 0.25) is 0 Å². The lowest BCUT2D eigenvalue weighted by Gasteiger charge is -2.24. The molecule has 3 aromatic carbocycles. The molecule has 0 bridgehead atoms. The molecule has 212 valence electrons. The fourth-order valence-electron chi connectivity index (χ4n) is 4.71. The molecule has 42 heavy (non-hydrogen) atoms. The molecule has 0 unspecified atom stereocenters. The van der Waals surface area contributed by atoms with Crippen molar-refractivity contribution in [2.75, 3.05) is 6.61 Å². The number of benzene rings is 3. The highest BCUT2D eigenvalue weighted by Crippen LogP contribution is 2.34. The number of hydrogen-bond donors (Lipinski definition) is 0. The van der Waals surface area contributed by atoms with Gasteiger partial charge in [-0.15, -0.1) is 0 Å². The SMILES string of the molecule is CCOC(=O)C1=C(C)N=c2s/c(=C/c3cc(Br)c(OCc4ccccc4C#N)c(I)c3)c(=O)n2[C@H]1c1ccc(C)cc1. The van der Waals surface area contributed by atoms with Crippen molar-refractivity contribution in [3.05, 3.63) is 127 Å². The predicted octanol–water partition coefficient (Wildman–Crippen LogP) is 5.92. The average molecular weight is 754 g/mol. The molecular weight excluding hydrogens is 729 g/mol. The number of nitrogens with zero attached hydrogens (tertiary/aromatic N) is 3. The molecule has 4 aromatic rings. The van der Waals surface area contributed by atoms with Crippen LogP contribution in [0.15, 0.2) is 86.2 Å². The first kappa shape index (κ1) is 29.9. The van der Waals surface area contributed by atoms with E-state index in [1.54, 1.807) is 24.5 Å². The van der Waals surface area contributed by atoms with Gasteiger partial charge < -0.3 is 9.47 Å². The minimum atomic E-state index is -0.651. The number of fused-ring (bicyclic) bond motifs is 1. The first-order chi connectivity index (χ1) is 20.2. The van der Waals surface area contributed by atoms with Crippen molar-refractivity contribution < 1.29 is 14.3 Å².